The number of hydrogen-bond donors (Lipinski definition) is 1. The first-order chi connectivity index (χ1) is 8.93. The maximum absolute atomic E-state index is 13.4. The molecule has 1 N–H and O–H groups in total. The summed E-state index contributed by atoms with van der Waals surface area (Å²) in [6.07, 6.45) is 0.754. The summed E-state index contributed by atoms with van der Waals surface area (Å²) in [5.41, 5.74) is -0.403. The number of nitrogens with zero attached hydrogens (tertiary/aromatic N) is 1. The third-order valence-corrected chi connectivity index (χ3v) is 2.98. The van der Waals surface area contributed by atoms with Crippen molar-refractivity contribution in [3.63, 3.8) is 0 Å². The molecule has 0 heterocycles. The molecule has 1 aromatic carbocycles. The Balaban J connectivity index is 2.54. The highest BCUT2D eigenvalue weighted by atomic mass is 19.1. The van der Waals surface area contributed by atoms with E-state index in [1.54, 1.807) is 0 Å². The minimum atomic E-state index is -1.31. The molecule has 0 radical (unpaired) electrons. The molecule has 0 saturated heterocycles. The molecule has 0 fully saturated rings. The Morgan fingerprint density at radius 1 is 1.47 bits per heavy atom. The molecule has 0 aliphatic carbocycles. The van der Waals surface area contributed by atoms with E-state index in [-0.39, 0.29) is 5.75 Å². The SMILES string of the molecule is CC(C)N(C)CCCOc1cccc(F)c1C(=O)O. The van der Waals surface area contributed by atoms with Crippen LogP contribution in [0.25, 0.3) is 0 Å². The first-order valence-corrected chi connectivity index (χ1v) is 6.28. The van der Waals surface area contributed by atoms with Gasteiger partial charge in [-0.15, -0.1) is 0 Å². The maximum Gasteiger partial charge on any atom is 0.342 e. The topological polar surface area (TPSA) is 49.8 Å². The lowest BCUT2D eigenvalue weighted by Gasteiger charge is -2.20. The predicted octanol–water partition coefficient (Wildman–Crippen LogP) is 2.63. The molecular weight excluding hydrogens is 249 g/mol. The van der Waals surface area contributed by atoms with Gasteiger partial charge in [-0.05, 0) is 39.4 Å². The molecule has 1 aromatic rings. The van der Waals surface area contributed by atoms with Crippen molar-refractivity contribution in [1.82, 2.24) is 4.90 Å². The summed E-state index contributed by atoms with van der Waals surface area (Å²) in [4.78, 5) is 13.1. The van der Waals surface area contributed by atoms with E-state index < -0.39 is 17.3 Å². The first kappa shape index (κ1) is 15.4. The minimum Gasteiger partial charge on any atom is -0.493 e. The van der Waals surface area contributed by atoms with Crippen molar-refractivity contribution in [3.8, 4) is 5.75 Å². The van der Waals surface area contributed by atoms with Crippen LogP contribution in [0.2, 0.25) is 0 Å². The van der Waals surface area contributed by atoms with Crippen molar-refractivity contribution >= 4 is 5.97 Å². The van der Waals surface area contributed by atoms with Crippen LogP contribution in [0.15, 0.2) is 18.2 Å². The van der Waals surface area contributed by atoms with Gasteiger partial charge in [-0.2, -0.15) is 0 Å². The largest absolute Gasteiger partial charge is 0.493 e. The number of carboxylic acids is 1. The smallest absolute Gasteiger partial charge is 0.342 e. The summed E-state index contributed by atoms with van der Waals surface area (Å²) in [5.74, 6) is -2.00. The van der Waals surface area contributed by atoms with Crippen molar-refractivity contribution in [2.45, 2.75) is 26.3 Å². The monoisotopic (exact) mass is 269 g/mol. The van der Waals surface area contributed by atoms with E-state index >= 15 is 0 Å². The van der Waals surface area contributed by atoms with Crippen LogP contribution in [0, 0.1) is 5.82 Å². The third-order valence-electron chi connectivity index (χ3n) is 2.98. The number of ether oxygens (including phenoxy) is 1. The molecule has 0 aliphatic rings. The predicted molar refractivity (Wildman–Crippen MR) is 71.2 cm³/mol. The molecule has 0 bridgehead atoms. The van der Waals surface area contributed by atoms with Crippen molar-refractivity contribution in [1.29, 1.82) is 0 Å². The Morgan fingerprint density at radius 2 is 2.16 bits per heavy atom. The minimum absolute atomic E-state index is 0.0831. The lowest BCUT2D eigenvalue weighted by atomic mass is 10.2. The molecular formula is C14H20FNO3. The highest BCUT2D eigenvalue weighted by Gasteiger charge is 2.16. The summed E-state index contributed by atoms with van der Waals surface area (Å²) < 4.78 is 18.7. The average molecular weight is 269 g/mol. The van der Waals surface area contributed by atoms with Crippen molar-refractivity contribution in [2.75, 3.05) is 20.2 Å². The van der Waals surface area contributed by atoms with E-state index in [0.29, 0.717) is 12.6 Å². The van der Waals surface area contributed by atoms with Gasteiger partial charge in [-0.3, -0.25) is 0 Å². The van der Waals surface area contributed by atoms with Crippen molar-refractivity contribution < 1.29 is 19.0 Å². The molecule has 0 amide bonds. The average Bonchev–Trinajstić information content (AvgIpc) is 2.33. The van der Waals surface area contributed by atoms with E-state index in [9.17, 15) is 9.18 Å². The zero-order valence-electron chi connectivity index (χ0n) is 11.5. The van der Waals surface area contributed by atoms with E-state index in [0.717, 1.165) is 19.0 Å². The van der Waals surface area contributed by atoms with Gasteiger partial charge in [0.15, 0.2) is 0 Å². The number of halogens is 1. The van der Waals surface area contributed by atoms with Crippen LogP contribution in [-0.2, 0) is 0 Å². The molecule has 0 aromatic heterocycles. The van der Waals surface area contributed by atoms with Gasteiger partial charge >= 0.3 is 5.97 Å². The van der Waals surface area contributed by atoms with E-state index in [4.69, 9.17) is 9.84 Å². The van der Waals surface area contributed by atoms with Gasteiger partial charge < -0.3 is 14.7 Å². The molecule has 1 rings (SSSR count). The molecule has 4 nitrogen and oxygen atoms in total. The quantitative estimate of drug-likeness (QED) is 0.773. The van der Waals surface area contributed by atoms with Crippen molar-refractivity contribution in [2.24, 2.45) is 0 Å². The zero-order chi connectivity index (χ0) is 14.4. The number of carbonyl (C=O) groups is 1. The van der Waals surface area contributed by atoms with Gasteiger partial charge in [-0.25, -0.2) is 9.18 Å². The van der Waals surface area contributed by atoms with Crippen LogP contribution >= 0.6 is 0 Å². The highest BCUT2D eigenvalue weighted by molar-refractivity contribution is 5.91. The van der Waals surface area contributed by atoms with Crippen LogP contribution in [0.3, 0.4) is 0 Å². The molecule has 19 heavy (non-hydrogen) atoms. The first-order valence-electron chi connectivity index (χ1n) is 6.28. The molecule has 106 valence electrons. The van der Waals surface area contributed by atoms with E-state index in [1.807, 2.05) is 7.05 Å². The molecule has 5 heteroatoms. The van der Waals surface area contributed by atoms with Crippen molar-refractivity contribution in [3.05, 3.63) is 29.6 Å². The standard InChI is InChI=1S/C14H20FNO3/c1-10(2)16(3)8-5-9-19-12-7-4-6-11(15)13(12)14(17)18/h4,6-7,10H,5,8-9H2,1-3H3,(H,17,18). The van der Waals surface area contributed by atoms with Crippen LogP contribution in [-0.4, -0.2) is 42.2 Å². The fraction of sp³-hybridized carbons (Fsp3) is 0.500. The molecule has 0 aliphatic heterocycles. The molecule has 0 saturated carbocycles. The van der Waals surface area contributed by atoms with Gasteiger partial charge in [0.2, 0.25) is 0 Å². The van der Waals surface area contributed by atoms with Crippen LogP contribution in [0.1, 0.15) is 30.6 Å². The Bertz CT molecular complexity index is 435. The zero-order valence-corrected chi connectivity index (χ0v) is 11.5. The van der Waals surface area contributed by atoms with Gasteiger partial charge in [0.05, 0.1) is 6.61 Å². The number of aromatic carboxylic acids is 1. The maximum atomic E-state index is 13.4. The Labute approximate surface area is 112 Å². The Hall–Kier alpha value is -1.62. The lowest BCUT2D eigenvalue weighted by Crippen LogP contribution is -2.28. The summed E-state index contributed by atoms with van der Waals surface area (Å²) >= 11 is 0. The van der Waals surface area contributed by atoms with Crippen LogP contribution in [0.5, 0.6) is 5.75 Å². The number of benzene rings is 1. The van der Waals surface area contributed by atoms with Gasteiger partial charge in [-0.1, -0.05) is 6.07 Å². The highest BCUT2D eigenvalue weighted by Crippen LogP contribution is 2.21. The van der Waals surface area contributed by atoms with Crippen LogP contribution in [0.4, 0.5) is 4.39 Å². The Kier molecular flexibility index (Phi) is 5.76. The van der Waals surface area contributed by atoms with Crippen LogP contribution < -0.4 is 4.74 Å². The fourth-order valence-electron chi connectivity index (χ4n) is 1.59. The van der Waals surface area contributed by atoms with E-state index in [2.05, 4.69) is 18.7 Å². The fourth-order valence-corrected chi connectivity index (χ4v) is 1.59. The number of carboxylic acid groups (broad SMARTS) is 1. The van der Waals surface area contributed by atoms with Gasteiger partial charge in [0, 0.05) is 12.6 Å². The molecule has 0 spiro atoms. The molecule has 0 unspecified atom stereocenters. The Morgan fingerprint density at radius 3 is 2.74 bits per heavy atom. The van der Waals surface area contributed by atoms with E-state index in [1.165, 1.54) is 12.1 Å². The summed E-state index contributed by atoms with van der Waals surface area (Å²) in [5, 5.41) is 8.94. The summed E-state index contributed by atoms with van der Waals surface area (Å²) in [6, 6.07) is 4.47. The number of rotatable bonds is 7. The van der Waals surface area contributed by atoms with Gasteiger partial charge in [0.1, 0.15) is 17.1 Å². The second kappa shape index (κ2) is 7.09. The third kappa shape index (κ3) is 4.52. The van der Waals surface area contributed by atoms with Gasteiger partial charge in [0.25, 0.3) is 0 Å². The second-order valence-electron chi connectivity index (χ2n) is 4.69. The normalized spacial score (nSPS) is 11.1. The summed E-state index contributed by atoms with van der Waals surface area (Å²) in [6.45, 7) is 5.39. The molecule has 0 atom stereocenters. The number of hydrogen-bond acceptors (Lipinski definition) is 3. The lowest BCUT2D eigenvalue weighted by molar-refractivity contribution is 0.0686. The summed E-state index contributed by atoms with van der Waals surface area (Å²) in [7, 11) is 2.01. The second-order valence-corrected chi connectivity index (χ2v) is 4.69.